The van der Waals surface area contributed by atoms with E-state index in [4.69, 9.17) is 20.9 Å². The largest absolute Gasteiger partial charge is 0.492 e. The molecule has 0 aliphatic carbocycles. The number of piperidine rings is 2. The zero-order chi connectivity index (χ0) is 44.8. The molecule has 5 aromatic rings. The van der Waals surface area contributed by atoms with E-state index < -0.39 is 20.0 Å². The molecule has 0 bridgehead atoms. The van der Waals surface area contributed by atoms with Crippen LogP contribution in [-0.2, 0) is 42.8 Å². The number of benzene rings is 5. The van der Waals surface area contributed by atoms with Gasteiger partial charge in [0.15, 0.2) is 0 Å². The van der Waals surface area contributed by atoms with Crippen molar-refractivity contribution < 1.29 is 35.9 Å². The van der Waals surface area contributed by atoms with Gasteiger partial charge in [-0.3, -0.25) is 9.59 Å². The van der Waals surface area contributed by atoms with Crippen LogP contribution in [0.5, 0.6) is 11.5 Å². The van der Waals surface area contributed by atoms with Crippen molar-refractivity contribution in [3.8, 4) is 11.5 Å². The summed E-state index contributed by atoms with van der Waals surface area (Å²) < 4.78 is 66.9. The van der Waals surface area contributed by atoms with Gasteiger partial charge in [-0.15, -0.1) is 8.80 Å². The molecule has 0 aromatic heterocycles. The van der Waals surface area contributed by atoms with Crippen LogP contribution in [0.25, 0.3) is 10.8 Å². The van der Waals surface area contributed by atoms with Gasteiger partial charge in [-0.05, 0) is 77.8 Å². The Kier molecular flexibility index (Phi) is 13.3. The second-order valence-electron chi connectivity index (χ2n) is 16.7. The molecule has 16 heteroatoms. The van der Waals surface area contributed by atoms with E-state index in [2.05, 4.69) is 8.80 Å². The highest BCUT2D eigenvalue weighted by molar-refractivity contribution is 7.89. The summed E-state index contributed by atoms with van der Waals surface area (Å²) in [6.45, 7) is 3.63. The lowest BCUT2D eigenvalue weighted by Crippen LogP contribution is -2.41. The fraction of sp³-hybridized carbons (Fsp3) is 0.333. The summed E-state index contributed by atoms with van der Waals surface area (Å²) >= 11 is 0. The Balaban J connectivity index is 0.000000175. The van der Waals surface area contributed by atoms with Crippen LogP contribution in [0.4, 0.5) is 0 Å². The van der Waals surface area contributed by atoms with E-state index in [-0.39, 0.29) is 46.8 Å². The van der Waals surface area contributed by atoms with Crippen LogP contribution in [0, 0.1) is 11.8 Å². The highest BCUT2D eigenvalue weighted by Gasteiger charge is 2.30. The van der Waals surface area contributed by atoms with E-state index in [9.17, 15) is 26.4 Å². The Labute approximate surface area is 374 Å². The number of nitrogens with two attached hydrogens (primary N) is 2. The highest BCUT2D eigenvalue weighted by Crippen LogP contribution is 2.31. The van der Waals surface area contributed by atoms with Gasteiger partial charge >= 0.3 is 0 Å². The first-order valence-corrected chi connectivity index (χ1v) is 24.8. The quantitative estimate of drug-likeness (QED) is 0.172. The smallest absolute Gasteiger partial charge is 0.259 e. The third kappa shape index (κ3) is 10.6. The SMILES string of the molecule is NC1=NS(=O)(=O)Cc2cccc(OC[C@H]3CCCN(C(=O)CCc4ccccc4)C3)c21.NC1=NS(=O)(=O)Cc2cccc(OC[C@H]3CCCN(C(=O)c4cccc5ccccc45)C3)c21. The zero-order valence-corrected chi connectivity index (χ0v) is 37.1. The predicted octanol–water partition coefficient (Wildman–Crippen LogP) is 5.81. The summed E-state index contributed by atoms with van der Waals surface area (Å²) in [7, 11) is -7.17. The standard InChI is InChI=1S/C25H25N3O4S.C23H27N3O4S/c26-24-23-19(16-33(30,31)27-24)9-4-12-22(23)32-15-17-6-5-13-28(14-17)25(29)21-11-3-8-18-7-1-2-10-20(18)21;24-23-22-19(16-31(28,29)25-23)9-4-10-20(22)30-15-18-8-5-13-26(14-18)21(27)12-11-17-6-2-1-3-7-17/h1-4,7-12,17H,5-6,13-16H2,(H2,26,27);1-4,6-7,9-10,18H,5,8,11-16H2,(H2,24,25)/t17-;18-/m00/s1. The molecule has 2 saturated heterocycles. The lowest BCUT2D eigenvalue weighted by Gasteiger charge is -2.33. The monoisotopic (exact) mass is 904 g/mol. The summed E-state index contributed by atoms with van der Waals surface area (Å²) in [5, 5.41) is 2.01. The number of likely N-dealkylation sites (tertiary alicyclic amines) is 2. The molecule has 2 fully saturated rings. The molecule has 2 amide bonds. The Morgan fingerprint density at radius 3 is 1.75 bits per heavy atom. The van der Waals surface area contributed by atoms with Gasteiger partial charge in [-0.25, -0.2) is 16.8 Å². The molecular weight excluding hydrogens is 853 g/mol. The predicted molar refractivity (Wildman–Crippen MR) is 247 cm³/mol. The minimum atomic E-state index is -3.59. The Morgan fingerprint density at radius 2 is 1.14 bits per heavy atom. The van der Waals surface area contributed by atoms with E-state index in [0.717, 1.165) is 61.5 Å². The maximum atomic E-state index is 13.3. The van der Waals surface area contributed by atoms with Crippen molar-refractivity contribution in [1.29, 1.82) is 0 Å². The van der Waals surface area contributed by atoms with Gasteiger partial charge in [-0.2, -0.15) is 0 Å². The van der Waals surface area contributed by atoms with Gasteiger partial charge in [0.25, 0.3) is 26.0 Å². The molecule has 5 aromatic carbocycles. The molecule has 0 radical (unpaired) electrons. The van der Waals surface area contributed by atoms with E-state index in [0.29, 0.717) is 66.5 Å². The topological polar surface area (TPSA) is 204 Å². The van der Waals surface area contributed by atoms with Crippen LogP contribution < -0.4 is 20.9 Å². The highest BCUT2D eigenvalue weighted by atomic mass is 32.2. The number of amides is 2. The fourth-order valence-electron chi connectivity index (χ4n) is 8.93. The van der Waals surface area contributed by atoms with E-state index in [1.165, 1.54) is 5.56 Å². The summed E-state index contributed by atoms with van der Waals surface area (Å²) in [6, 6.07) is 34.3. The number of amidine groups is 2. The van der Waals surface area contributed by atoms with E-state index in [1.54, 1.807) is 36.4 Å². The molecule has 4 aliphatic rings. The van der Waals surface area contributed by atoms with Crippen molar-refractivity contribution in [3.63, 3.8) is 0 Å². The number of fused-ring (bicyclic) bond motifs is 3. The first-order valence-electron chi connectivity index (χ1n) is 21.6. The van der Waals surface area contributed by atoms with Gasteiger partial charge in [0.2, 0.25) is 5.91 Å². The number of sulfonamides is 2. The van der Waals surface area contributed by atoms with Gasteiger partial charge < -0.3 is 30.7 Å². The molecule has 0 spiro atoms. The lowest BCUT2D eigenvalue weighted by molar-refractivity contribution is -0.133. The molecule has 0 saturated carbocycles. The van der Waals surface area contributed by atoms with E-state index in [1.807, 2.05) is 82.6 Å². The zero-order valence-electron chi connectivity index (χ0n) is 35.5. The molecule has 334 valence electrons. The Hall–Kier alpha value is -6.26. The van der Waals surface area contributed by atoms with Crippen molar-refractivity contribution in [1.82, 2.24) is 9.80 Å². The first-order chi connectivity index (χ1) is 30.8. The van der Waals surface area contributed by atoms with E-state index >= 15 is 0 Å². The molecule has 2 atom stereocenters. The Morgan fingerprint density at radius 1 is 0.625 bits per heavy atom. The minimum absolute atomic E-state index is 0.0294. The number of carbonyl (C=O) groups is 2. The second-order valence-corrected chi connectivity index (χ2v) is 20.0. The van der Waals surface area contributed by atoms with Crippen LogP contribution in [0.3, 0.4) is 0 Å². The van der Waals surface area contributed by atoms with Crippen LogP contribution in [-0.4, -0.2) is 89.5 Å². The molecule has 4 N–H and O–H groups in total. The molecule has 4 heterocycles. The first kappa shape index (κ1) is 44.4. The summed E-state index contributed by atoms with van der Waals surface area (Å²) in [5.41, 5.74) is 16.0. The summed E-state index contributed by atoms with van der Waals surface area (Å²) in [4.78, 5) is 29.8. The number of aryl methyl sites for hydroxylation is 1. The lowest BCUT2D eigenvalue weighted by atomic mass is 9.97. The maximum Gasteiger partial charge on any atom is 0.259 e. The molecule has 64 heavy (non-hydrogen) atoms. The van der Waals surface area contributed by atoms with Gasteiger partial charge in [-0.1, -0.05) is 91.0 Å². The number of ether oxygens (including phenoxy) is 2. The molecular formula is C48H52N6O8S2. The van der Waals surface area contributed by atoms with Crippen molar-refractivity contribution >= 4 is 54.3 Å². The van der Waals surface area contributed by atoms with Gasteiger partial charge in [0.05, 0.1) is 35.8 Å². The number of carbonyl (C=O) groups excluding carboxylic acids is 2. The average molecular weight is 905 g/mol. The molecule has 9 rings (SSSR count). The van der Waals surface area contributed by atoms with Crippen molar-refractivity contribution in [3.05, 3.63) is 143 Å². The number of rotatable bonds is 10. The molecule has 4 aliphatic heterocycles. The summed E-state index contributed by atoms with van der Waals surface area (Å²) in [5.74, 6) is 1.24. The molecule has 14 nitrogen and oxygen atoms in total. The van der Waals surface area contributed by atoms with Crippen molar-refractivity contribution in [2.75, 3.05) is 39.4 Å². The van der Waals surface area contributed by atoms with Crippen LogP contribution in [0.2, 0.25) is 0 Å². The third-order valence-corrected chi connectivity index (χ3v) is 14.3. The van der Waals surface area contributed by atoms with Gasteiger partial charge in [0, 0.05) is 50.0 Å². The normalized spacial score (nSPS) is 19.8. The van der Waals surface area contributed by atoms with Crippen molar-refractivity contribution in [2.45, 2.75) is 50.0 Å². The van der Waals surface area contributed by atoms with Crippen LogP contribution in [0.15, 0.2) is 118 Å². The molecule has 0 unspecified atom stereocenters. The third-order valence-electron chi connectivity index (χ3n) is 12.0. The fourth-order valence-corrected chi connectivity index (χ4v) is 11.1. The van der Waals surface area contributed by atoms with Crippen molar-refractivity contribution in [2.24, 2.45) is 32.1 Å². The minimum Gasteiger partial charge on any atom is -0.492 e. The van der Waals surface area contributed by atoms with Crippen LogP contribution in [0.1, 0.15) is 70.3 Å². The summed E-state index contributed by atoms with van der Waals surface area (Å²) in [6.07, 6.45) is 5.03. The average Bonchev–Trinajstić information content (AvgIpc) is 3.28. The number of hydrogen-bond acceptors (Lipinski definition) is 10. The van der Waals surface area contributed by atoms with Gasteiger partial charge in [0.1, 0.15) is 23.2 Å². The number of nitrogens with zero attached hydrogens (tertiary/aromatic N) is 4. The van der Waals surface area contributed by atoms with Crippen LogP contribution >= 0.6 is 0 Å². The second kappa shape index (κ2) is 19.2. The Bertz CT molecular complexity index is 2830. The maximum absolute atomic E-state index is 13.3. The number of hydrogen-bond donors (Lipinski definition) is 2.